The molecule has 5 rings (SSSR count). The Morgan fingerprint density at radius 3 is 3.00 bits per heavy atom. The number of thioether (sulfide) groups is 1. The van der Waals surface area contributed by atoms with Crippen LogP contribution in [0.25, 0.3) is 32.5 Å². The van der Waals surface area contributed by atoms with Crippen molar-refractivity contribution in [2.45, 2.75) is 12.1 Å². The van der Waals surface area contributed by atoms with E-state index in [4.69, 9.17) is 0 Å². The quantitative estimate of drug-likeness (QED) is 0.394. The Morgan fingerprint density at radius 2 is 2.10 bits per heavy atom. The minimum absolute atomic E-state index is 0.118. The van der Waals surface area contributed by atoms with Crippen LogP contribution < -0.4 is 5.32 Å². The second-order valence-electron chi connectivity index (χ2n) is 6.94. The molecule has 0 fully saturated rings. The molecule has 7 nitrogen and oxygen atoms in total. The number of hydrogen-bond donors (Lipinski definition) is 2. The molecular formula is C21H18N6OS2. The van der Waals surface area contributed by atoms with Gasteiger partial charge in [0.05, 0.1) is 16.0 Å². The number of aromatic nitrogens is 5. The molecule has 150 valence electrons. The molecule has 0 saturated heterocycles. The number of anilines is 1. The zero-order chi connectivity index (χ0) is 20.7. The summed E-state index contributed by atoms with van der Waals surface area (Å²) in [7, 11) is 1.91. The molecule has 0 saturated carbocycles. The van der Waals surface area contributed by atoms with Crippen molar-refractivity contribution in [3.8, 4) is 11.4 Å². The van der Waals surface area contributed by atoms with E-state index < -0.39 is 0 Å². The monoisotopic (exact) mass is 434 g/mol. The van der Waals surface area contributed by atoms with Crippen LogP contribution >= 0.6 is 23.1 Å². The molecule has 0 aliphatic heterocycles. The highest BCUT2D eigenvalue weighted by Crippen LogP contribution is 2.30. The van der Waals surface area contributed by atoms with Crippen LogP contribution in [0.3, 0.4) is 0 Å². The van der Waals surface area contributed by atoms with Crippen molar-refractivity contribution < 1.29 is 4.79 Å². The van der Waals surface area contributed by atoms with E-state index in [0.29, 0.717) is 10.3 Å². The van der Waals surface area contributed by atoms with Crippen LogP contribution in [0.1, 0.15) is 5.56 Å². The van der Waals surface area contributed by atoms with Crippen LogP contribution in [0, 0.1) is 6.92 Å². The average Bonchev–Trinajstić information content (AvgIpc) is 3.42. The number of rotatable bonds is 5. The largest absolute Gasteiger partial charge is 0.360 e. The van der Waals surface area contributed by atoms with E-state index in [0.717, 1.165) is 32.5 Å². The van der Waals surface area contributed by atoms with Gasteiger partial charge in [0.2, 0.25) is 5.91 Å². The Balaban J connectivity index is 1.29. The molecule has 0 unspecified atom stereocenters. The molecule has 0 spiro atoms. The van der Waals surface area contributed by atoms with Gasteiger partial charge in [0, 0.05) is 29.7 Å². The summed E-state index contributed by atoms with van der Waals surface area (Å²) >= 11 is 2.83. The molecule has 0 aliphatic carbocycles. The third kappa shape index (κ3) is 3.46. The lowest BCUT2D eigenvalue weighted by atomic mass is 10.1. The van der Waals surface area contributed by atoms with Gasteiger partial charge >= 0.3 is 0 Å². The summed E-state index contributed by atoms with van der Waals surface area (Å²) in [5, 5.41) is 13.9. The van der Waals surface area contributed by atoms with Crippen molar-refractivity contribution >= 4 is 55.3 Å². The standard InChI is InChI=1S/C21H18N6OS2/c1-12-7-8-16-17(9-12)30-20(23-16)24-18(28)11-29-21-26-25-19(27(21)2)14-10-22-15-6-4-3-5-13(14)15/h3-10,22H,11H2,1-2H3,(H,23,24,28). The van der Waals surface area contributed by atoms with Gasteiger partial charge in [-0.1, -0.05) is 47.4 Å². The number of fused-ring (bicyclic) bond motifs is 2. The van der Waals surface area contributed by atoms with E-state index in [-0.39, 0.29) is 11.7 Å². The van der Waals surface area contributed by atoms with Crippen LogP contribution in [0.2, 0.25) is 0 Å². The second-order valence-corrected chi connectivity index (χ2v) is 8.91. The fourth-order valence-electron chi connectivity index (χ4n) is 3.30. The lowest BCUT2D eigenvalue weighted by Gasteiger charge is -2.03. The summed E-state index contributed by atoms with van der Waals surface area (Å²) in [5.74, 6) is 0.874. The number of thiazole rings is 1. The Kier molecular flexibility index (Phi) is 4.76. The number of H-pyrrole nitrogens is 1. The van der Waals surface area contributed by atoms with Gasteiger partial charge in [-0.05, 0) is 30.7 Å². The first-order valence-electron chi connectivity index (χ1n) is 9.34. The molecule has 0 radical (unpaired) electrons. The molecule has 3 heterocycles. The van der Waals surface area contributed by atoms with Crippen molar-refractivity contribution in [1.29, 1.82) is 0 Å². The van der Waals surface area contributed by atoms with Crippen LogP contribution in [0.5, 0.6) is 0 Å². The van der Waals surface area contributed by atoms with E-state index >= 15 is 0 Å². The van der Waals surface area contributed by atoms with Gasteiger partial charge in [-0.3, -0.25) is 4.79 Å². The number of carbonyl (C=O) groups is 1. The Labute approximate surface area is 180 Å². The first-order valence-corrected chi connectivity index (χ1v) is 11.1. The number of nitrogens with one attached hydrogen (secondary N) is 2. The highest BCUT2D eigenvalue weighted by atomic mass is 32.2. The maximum atomic E-state index is 12.4. The summed E-state index contributed by atoms with van der Waals surface area (Å²) in [6.45, 7) is 2.04. The van der Waals surface area contributed by atoms with Gasteiger partial charge in [-0.2, -0.15) is 0 Å². The van der Waals surface area contributed by atoms with Crippen LogP contribution in [0.15, 0.2) is 53.8 Å². The molecule has 9 heteroatoms. The zero-order valence-electron chi connectivity index (χ0n) is 16.3. The summed E-state index contributed by atoms with van der Waals surface area (Å²) in [4.78, 5) is 20.2. The van der Waals surface area contributed by atoms with Crippen molar-refractivity contribution in [2.75, 3.05) is 11.1 Å². The van der Waals surface area contributed by atoms with Crippen LogP contribution in [-0.2, 0) is 11.8 Å². The van der Waals surface area contributed by atoms with Gasteiger partial charge in [0.25, 0.3) is 0 Å². The zero-order valence-corrected chi connectivity index (χ0v) is 18.0. The van der Waals surface area contributed by atoms with Crippen LogP contribution in [-0.4, -0.2) is 36.4 Å². The van der Waals surface area contributed by atoms with Crippen molar-refractivity contribution in [2.24, 2.45) is 7.05 Å². The van der Waals surface area contributed by atoms with Gasteiger partial charge in [-0.25, -0.2) is 4.98 Å². The van der Waals surface area contributed by atoms with E-state index in [1.165, 1.54) is 28.7 Å². The van der Waals surface area contributed by atoms with Gasteiger partial charge in [0.15, 0.2) is 16.1 Å². The molecule has 0 bridgehead atoms. The van der Waals surface area contributed by atoms with Crippen molar-refractivity contribution in [1.82, 2.24) is 24.7 Å². The summed E-state index contributed by atoms with van der Waals surface area (Å²) in [5.41, 5.74) is 4.11. The fraction of sp³-hybridized carbons (Fsp3) is 0.143. The third-order valence-corrected chi connectivity index (χ3v) is 6.74. The van der Waals surface area contributed by atoms with E-state index in [2.05, 4.69) is 37.6 Å². The van der Waals surface area contributed by atoms with E-state index in [9.17, 15) is 4.79 Å². The number of nitrogens with zero attached hydrogens (tertiary/aromatic N) is 4. The molecule has 30 heavy (non-hydrogen) atoms. The number of carbonyl (C=O) groups excluding carboxylic acids is 1. The molecular weight excluding hydrogens is 416 g/mol. The predicted molar refractivity (Wildman–Crippen MR) is 122 cm³/mol. The topological polar surface area (TPSA) is 88.5 Å². The summed E-state index contributed by atoms with van der Waals surface area (Å²) in [6.07, 6.45) is 1.94. The smallest absolute Gasteiger partial charge is 0.236 e. The van der Waals surface area contributed by atoms with E-state index in [1.807, 2.05) is 55.1 Å². The number of aryl methyl sites for hydroxylation is 1. The number of aromatic amines is 1. The molecule has 2 N–H and O–H groups in total. The third-order valence-electron chi connectivity index (χ3n) is 4.79. The minimum atomic E-state index is -0.118. The molecule has 0 aliphatic rings. The molecule has 0 atom stereocenters. The van der Waals surface area contributed by atoms with Gasteiger partial charge in [0.1, 0.15) is 0 Å². The Morgan fingerprint density at radius 1 is 1.23 bits per heavy atom. The highest BCUT2D eigenvalue weighted by Gasteiger charge is 2.16. The maximum absolute atomic E-state index is 12.4. The Bertz CT molecular complexity index is 1380. The summed E-state index contributed by atoms with van der Waals surface area (Å²) in [6, 6.07) is 14.1. The molecule has 2 aromatic carbocycles. The first-order chi connectivity index (χ1) is 14.6. The fourth-order valence-corrected chi connectivity index (χ4v) is 4.99. The maximum Gasteiger partial charge on any atom is 0.236 e. The molecule has 1 amide bonds. The predicted octanol–water partition coefficient (Wildman–Crippen LogP) is 4.61. The first kappa shape index (κ1) is 18.8. The second kappa shape index (κ2) is 7.58. The number of amides is 1. The molecule has 5 aromatic rings. The molecule has 3 aromatic heterocycles. The van der Waals surface area contributed by atoms with Crippen LogP contribution in [0.4, 0.5) is 5.13 Å². The lowest BCUT2D eigenvalue weighted by molar-refractivity contribution is -0.113. The van der Waals surface area contributed by atoms with Gasteiger partial charge in [-0.15, -0.1) is 10.2 Å². The number of benzene rings is 2. The Hall–Kier alpha value is -3.17. The normalized spacial score (nSPS) is 11.4. The van der Waals surface area contributed by atoms with Gasteiger partial charge < -0.3 is 14.9 Å². The lowest BCUT2D eigenvalue weighted by Crippen LogP contribution is -2.14. The summed E-state index contributed by atoms with van der Waals surface area (Å²) < 4.78 is 2.98. The number of hydrogen-bond acceptors (Lipinski definition) is 6. The number of para-hydroxylation sites is 1. The average molecular weight is 435 g/mol. The van der Waals surface area contributed by atoms with Crippen molar-refractivity contribution in [3.05, 3.63) is 54.2 Å². The SMILES string of the molecule is Cc1ccc2nc(NC(=O)CSc3nnc(-c4c[nH]c5ccccc45)n3C)sc2c1. The minimum Gasteiger partial charge on any atom is -0.360 e. The van der Waals surface area contributed by atoms with E-state index in [1.54, 1.807) is 0 Å². The highest BCUT2D eigenvalue weighted by molar-refractivity contribution is 7.99. The van der Waals surface area contributed by atoms with Crippen molar-refractivity contribution in [3.63, 3.8) is 0 Å².